The van der Waals surface area contributed by atoms with Gasteiger partial charge in [0.2, 0.25) is 5.91 Å². The van der Waals surface area contributed by atoms with Crippen molar-refractivity contribution in [2.45, 2.75) is 18.5 Å². The van der Waals surface area contributed by atoms with Crippen LogP contribution in [0.15, 0.2) is 71.2 Å². The molecule has 0 aliphatic carbocycles. The van der Waals surface area contributed by atoms with Gasteiger partial charge in [0.1, 0.15) is 5.75 Å². The van der Waals surface area contributed by atoms with Crippen molar-refractivity contribution in [3.63, 3.8) is 0 Å². The molecule has 0 radical (unpaired) electrons. The molecule has 0 spiro atoms. The molecule has 0 aliphatic rings. The molecule has 0 saturated heterocycles. The number of anilines is 1. The maximum absolute atomic E-state index is 12.6. The van der Waals surface area contributed by atoms with E-state index in [4.69, 9.17) is 4.74 Å². The van der Waals surface area contributed by atoms with Crippen molar-refractivity contribution >= 4 is 34.7 Å². The molecule has 158 valence electrons. The van der Waals surface area contributed by atoms with Crippen LogP contribution in [0.2, 0.25) is 0 Å². The summed E-state index contributed by atoms with van der Waals surface area (Å²) in [5.74, 6) is 1.57. The predicted octanol–water partition coefficient (Wildman–Crippen LogP) is 5.30. The Labute approximate surface area is 189 Å². The minimum absolute atomic E-state index is 0.0850. The summed E-state index contributed by atoms with van der Waals surface area (Å²) in [6, 6.07) is 19.6. The summed E-state index contributed by atoms with van der Waals surface area (Å²) in [5.41, 5.74) is 2.79. The molecule has 0 fully saturated rings. The number of nitrogens with zero attached hydrogens (tertiary/aromatic N) is 3. The van der Waals surface area contributed by atoms with Crippen molar-refractivity contribution in [2.75, 3.05) is 18.2 Å². The Morgan fingerprint density at radius 2 is 1.90 bits per heavy atom. The number of aromatic nitrogens is 3. The van der Waals surface area contributed by atoms with Gasteiger partial charge in [-0.2, -0.15) is 0 Å². The number of amides is 1. The SMILES string of the molecule is CCc1ccccc1NC(=O)CSc1nnc(-c2cccs2)n1-c1ccccc1OC. The van der Waals surface area contributed by atoms with E-state index in [-0.39, 0.29) is 11.7 Å². The zero-order chi connectivity index (χ0) is 21.6. The number of thiophene rings is 1. The summed E-state index contributed by atoms with van der Waals surface area (Å²) in [7, 11) is 1.64. The fourth-order valence-electron chi connectivity index (χ4n) is 3.23. The Balaban J connectivity index is 1.61. The quantitative estimate of drug-likeness (QED) is 0.369. The molecular formula is C23H22N4O2S2. The van der Waals surface area contributed by atoms with Crippen molar-refractivity contribution in [2.24, 2.45) is 0 Å². The maximum atomic E-state index is 12.6. The van der Waals surface area contributed by atoms with Gasteiger partial charge in [0, 0.05) is 5.69 Å². The standard InChI is InChI=1S/C23H22N4O2S2/c1-3-16-9-4-5-10-17(16)24-21(28)15-31-23-26-25-22(20-13-8-14-30-20)27(23)18-11-6-7-12-19(18)29-2/h4-14H,3,15H2,1-2H3,(H,24,28). The number of methoxy groups -OCH3 is 1. The molecule has 0 aliphatic heterocycles. The van der Waals surface area contributed by atoms with Gasteiger partial charge < -0.3 is 10.1 Å². The smallest absolute Gasteiger partial charge is 0.234 e. The average molecular weight is 451 g/mol. The molecule has 0 unspecified atom stereocenters. The lowest BCUT2D eigenvalue weighted by molar-refractivity contribution is -0.113. The molecule has 4 rings (SSSR count). The van der Waals surface area contributed by atoms with Gasteiger partial charge in [-0.1, -0.05) is 55.1 Å². The maximum Gasteiger partial charge on any atom is 0.234 e. The van der Waals surface area contributed by atoms with Crippen molar-refractivity contribution in [3.05, 3.63) is 71.6 Å². The largest absolute Gasteiger partial charge is 0.495 e. The molecular weight excluding hydrogens is 428 g/mol. The van der Waals surface area contributed by atoms with Crippen molar-refractivity contribution in [3.8, 4) is 22.1 Å². The zero-order valence-electron chi connectivity index (χ0n) is 17.2. The number of thioether (sulfide) groups is 1. The van der Waals surface area contributed by atoms with Gasteiger partial charge in [-0.15, -0.1) is 21.5 Å². The van der Waals surface area contributed by atoms with Gasteiger partial charge in [0.25, 0.3) is 0 Å². The summed E-state index contributed by atoms with van der Waals surface area (Å²) in [5, 5.41) is 14.4. The lowest BCUT2D eigenvalue weighted by atomic mass is 10.1. The first-order chi connectivity index (χ1) is 15.2. The third-order valence-corrected chi connectivity index (χ3v) is 6.50. The highest BCUT2D eigenvalue weighted by atomic mass is 32.2. The second-order valence-corrected chi connectivity index (χ2v) is 8.53. The van der Waals surface area contributed by atoms with Crippen molar-refractivity contribution in [1.82, 2.24) is 14.8 Å². The normalized spacial score (nSPS) is 10.8. The van der Waals surface area contributed by atoms with Gasteiger partial charge in [0.15, 0.2) is 11.0 Å². The number of carbonyl (C=O) groups is 1. The highest BCUT2D eigenvalue weighted by Crippen LogP contribution is 2.34. The van der Waals surface area contributed by atoms with Crippen LogP contribution < -0.4 is 10.1 Å². The zero-order valence-corrected chi connectivity index (χ0v) is 18.9. The van der Waals surface area contributed by atoms with E-state index in [0.29, 0.717) is 10.9 Å². The second-order valence-electron chi connectivity index (χ2n) is 6.64. The van der Waals surface area contributed by atoms with Gasteiger partial charge in [-0.05, 0) is 41.6 Å². The molecule has 0 saturated carbocycles. The van der Waals surface area contributed by atoms with E-state index in [9.17, 15) is 4.79 Å². The number of benzene rings is 2. The number of carbonyl (C=O) groups excluding carboxylic acids is 1. The van der Waals surface area contributed by atoms with Crippen LogP contribution in [0.1, 0.15) is 12.5 Å². The van der Waals surface area contributed by atoms with Gasteiger partial charge in [-0.3, -0.25) is 9.36 Å². The highest BCUT2D eigenvalue weighted by Gasteiger charge is 2.20. The summed E-state index contributed by atoms with van der Waals surface area (Å²) >= 11 is 2.94. The first-order valence-corrected chi connectivity index (χ1v) is 11.7. The molecule has 8 heteroatoms. The molecule has 2 aromatic heterocycles. The number of rotatable bonds is 8. The van der Waals surface area contributed by atoms with E-state index in [1.165, 1.54) is 11.8 Å². The Morgan fingerprint density at radius 3 is 2.68 bits per heavy atom. The average Bonchev–Trinajstić information content (AvgIpc) is 3.47. The Morgan fingerprint density at radius 1 is 1.10 bits per heavy atom. The van der Waals surface area contributed by atoms with Gasteiger partial charge in [-0.25, -0.2) is 0 Å². The molecule has 31 heavy (non-hydrogen) atoms. The summed E-state index contributed by atoms with van der Waals surface area (Å²) < 4.78 is 7.51. The Hall–Kier alpha value is -3.10. The van der Waals surface area contributed by atoms with Crippen LogP contribution >= 0.6 is 23.1 Å². The third kappa shape index (κ3) is 4.65. The molecule has 1 amide bonds. The number of aryl methyl sites for hydroxylation is 1. The van der Waals surface area contributed by atoms with Gasteiger partial charge >= 0.3 is 0 Å². The monoisotopic (exact) mass is 450 g/mol. The van der Waals surface area contributed by atoms with Crippen LogP contribution in [0.4, 0.5) is 5.69 Å². The molecule has 2 aromatic carbocycles. The third-order valence-electron chi connectivity index (χ3n) is 4.71. The van der Waals surface area contributed by atoms with E-state index in [1.807, 2.05) is 70.6 Å². The number of hydrogen-bond donors (Lipinski definition) is 1. The van der Waals surface area contributed by atoms with Crippen molar-refractivity contribution < 1.29 is 9.53 Å². The van der Waals surface area contributed by atoms with E-state index >= 15 is 0 Å². The van der Waals surface area contributed by atoms with Crippen LogP contribution in [0, 0.1) is 0 Å². The first-order valence-electron chi connectivity index (χ1n) is 9.84. The summed E-state index contributed by atoms with van der Waals surface area (Å²) in [6.45, 7) is 2.07. The number of nitrogens with one attached hydrogen (secondary N) is 1. The predicted molar refractivity (Wildman–Crippen MR) is 126 cm³/mol. The van der Waals surface area contributed by atoms with Crippen LogP contribution in [-0.4, -0.2) is 33.5 Å². The van der Waals surface area contributed by atoms with E-state index in [0.717, 1.165) is 34.1 Å². The Kier molecular flexibility index (Phi) is 6.69. The number of ether oxygens (including phenoxy) is 1. The van der Waals surface area contributed by atoms with Gasteiger partial charge in [0.05, 0.1) is 23.4 Å². The fraction of sp³-hybridized carbons (Fsp3) is 0.174. The molecule has 4 aromatic rings. The summed E-state index contributed by atoms with van der Waals surface area (Å²) in [6.07, 6.45) is 0.857. The minimum Gasteiger partial charge on any atom is -0.495 e. The second kappa shape index (κ2) is 9.80. The topological polar surface area (TPSA) is 69.0 Å². The lowest BCUT2D eigenvalue weighted by Gasteiger charge is -2.13. The minimum atomic E-state index is -0.0850. The fourth-order valence-corrected chi connectivity index (χ4v) is 4.67. The van der Waals surface area contributed by atoms with E-state index in [2.05, 4.69) is 22.4 Å². The van der Waals surface area contributed by atoms with Crippen LogP contribution in [0.3, 0.4) is 0 Å². The van der Waals surface area contributed by atoms with E-state index < -0.39 is 0 Å². The van der Waals surface area contributed by atoms with Crippen LogP contribution in [-0.2, 0) is 11.2 Å². The van der Waals surface area contributed by atoms with E-state index in [1.54, 1.807) is 18.4 Å². The highest BCUT2D eigenvalue weighted by molar-refractivity contribution is 7.99. The number of hydrogen-bond acceptors (Lipinski definition) is 6. The summed E-state index contributed by atoms with van der Waals surface area (Å²) in [4.78, 5) is 13.6. The Bertz CT molecular complexity index is 1170. The van der Waals surface area contributed by atoms with Crippen LogP contribution in [0.25, 0.3) is 16.4 Å². The van der Waals surface area contributed by atoms with Crippen LogP contribution in [0.5, 0.6) is 5.75 Å². The lowest BCUT2D eigenvalue weighted by Crippen LogP contribution is -2.15. The molecule has 6 nitrogen and oxygen atoms in total. The molecule has 1 N–H and O–H groups in total. The number of para-hydroxylation sites is 3. The van der Waals surface area contributed by atoms with Crippen molar-refractivity contribution in [1.29, 1.82) is 0 Å². The first kappa shape index (κ1) is 21.1. The molecule has 2 heterocycles. The molecule has 0 bridgehead atoms. The molecule has 0 atom stereocenters.